The van der Waals surface area contributed by atoms with Crippen LogP contribution >= 0.6 is 11.6 Å². The predicted molar refractivity (Wildman–Crippen MR) is 115 cm³/mol. The minimum atomic E-state index is -3.80. The Bertz CT molecular complexity index is 1190. The van der Waals surface area contributed by atoms with Gasteiger partial charge in [0, 0.05) is 28.8 Å². The van der Waals surface area contributed by atoms with E-state index in [0.717, 1.165) is 5.56 Å². The van der Waals surface area contributed by atoms with Gasteiger partial charge in [0.2, 0.25) is 5.91 Å². The molecule has 1 aromatic heterocycles. The molecule has 0 unspecified atom stereocenters. The Labute approximate surface area is 179 Å². The van der Waals surface area contributed by atoms with Crippen LogP contribution in [0.15, 0.2) is 51.9 Å². The van der Waals surface area contributed by atoms with E-state index in [2.05, 4.69) is 10.5 Å². The Balaban J connectivity index is 1.77. The second-order valence-electron chi connectivity index (χ2n) is 6.78. The van der Waals surface area contributed by atoms with E-state index in [9.17, 15) is 13.2 Å². The maximum atomic E-state index is 12.9. The molecule has 0 aliphatic rings. The lowest BCUT2D eigenvalue weighted by Gasteiger charge is -2.11. The maximum absolute atomic E-state index is 12.9. The molecule has 1 N–H and O–H groups in total. The van der Waals surface area contributed by atoms with Gasteiger partial charge in [-0.1, -0.05) is 22.8 Å². The molecule has 0 saturated heterocycles. The third-order valence-corrected chi connectivity index (χ3v) is 6.60. The second kappa shape index (κ2) is 8.89. The van der Waals surface area contributed by atoms with Crippen LogP contribution in [0.25, 0.3) is 11.3 Å². The number of sulfone groups is 1. The van der Waals surface area contributed by atoms with Gasteiger partial charge in [0.25, 0.3) is 0 Å². The first-order chi connectivity index (χ1) is 14.2. The van der Waals surface area contributed by atoms with Gasteiger partial charge in [-0.15, -0.1) is 0 Å². The Hall–Kier alpha value is -2.84. The summed E-state index contributed by atoms with van der Waals surface area (Å²) in [6, 6.07) is 11.5. The molecule has 2 aromatic carbocycles. The lowest BCUT2D eigenvalue weighted by molar-refractivity contribution is -0.115. The van der Waals surface area contributed by atoms with Crippen LogP contribution in [0.3, 0.4) is 0 Å². The van der Waals surface area contributed by atoms with Gasteiger partial charge in [-0.25, -0.2) is 8.42 Å². The molecule has 0 fully saturated rings. The molecule has 0 bridgehead atoms. The van der Waals surface area contributed by atoms with Gasteiger partial charge in [-0.05, 0) is 49.7 Å². The molecule has 0 spiro atoms. The molecule has 30 heavy (non-hydrogen) atoms. The number of aryl methyl sites for hydroxylation is 2. The number of rotatable bonds is 7. The number of nitrogens with zero attached hydrogens (tertiary/aromatic N) is 1. The van der Waals surface area contributed by atoms with Crippen molar-refractivity contribution >= 4 is 33.0 Å². The van der Waals surface area contributed by atoms with Crippen molar-refractivity contribution in [1.82, 2.24) is 5.16 Å². The summed E-state index contributed by atoms with van der Waals surface area (Å²) in [4.78, 5) is 12.2. The van der Waals surface area contributed by atoms with Gasteiger partial charge in [0.05, 0.1) is 18.6 Å². The van der Waals surface area contributed by atoms with E-state index in [1.165, 1.54) is 13.2 Å². The fourth-order valence-electron chi connectivity index (χ4n) is 2.80. The summed E-state index contributed by atoms with van der Waals surface area (Å²) in [6.07, 6.45) is -0.220. The third-order valence-electron chi connectivity index (χ3n) is 4.46. The number of halogens is 1. The van der Waals surface area contributed by atoms with Crippen molar-refractivity contribution in [3.8, 4) is 17.1 Å². The highest BCUT2D eigenvalue weighted by Gasteiger charge is 2.23. The zero-order valence-electron chi connectivity index (χ0n) is 16.7. The van der Waals surface area contributed by atoms with Crippen LogP contribution in [0.5, 0.6) is 5.75 Å². The van der Waals surface area contributed by atoms with Crippen molar-refractivity contribution < 1.29 is 22.5 Å². The normalized spacial score (nSPS) is 11.3. The molecular weight excluding hydrogens is 428 g/mol. The summed E-state index contributed by atoms with van der Waals surface area (Å²) >= 11 is 6.05. The van der Waals surface area contributed by atoms with Crippen molar-refractivity contribution in [2.75, 3.05) is 18.2 Å². The molecule has 1 heterocycles. The van der Waals surface area contributed by atoms with Crippen LogP contribution in [0.4, 0.5) is 5.69 Å². The van der Waals surface area contributed by atoms with Crippen LogP contribution in [0.1, 0.15) is 17.7 Å². The summed E-state index contributed by atoms with van der Waals surface area (Å²) in [5, 5.41) is 7.00. The van der Waals surface area contributed by atoms with Crippen LogP contribution in [-0.4, -0.2) is 32.3 Å². The van der Waals surface area contributed by atoms with Gasteiger partial charge in [0.15, 0.2) is 15.6 Å². The van der Waals surface area contributed by atoms with Gasteiger partial charge in [-0.2, -0.15) is 0 Å². The molecule has 3 aromatic rings. The molecule has 0 saturated carbocycles. The summed E-state index contributed by atoms with van der Waals surface area (Å²) in [5.74, 6) is -0.172. The van der Waals surface area contributed by atoms with E-state index >= 15 is 0 Å². The van der Waals surface area contributed by atoms with Crippen LogP contribution in [0, 0.1) is 13.8 Å². The largest absolute Gasteiger partial charge is 0.495 e. The van der Waals surface area contributed by atoms with E-state index in [0.29, 0.717) is 27.7 Å². The average molecular weight is 449 g/mol. The van der Waals surface area contributed by atoms with E-state index in [1.54, 1.807) is 43.3 Å². The van der Waals surface area contributed by atoms with Crippen LogP contribution in [0.2, 0.25) is 5.02 Å². The smallest absolute Gasteiger partial charge is 0.225 e. The van der Waals surface area contributed by atoms with Crippen LogP contribution < -0.4 is 10.1 Å². The molecule has 7 nitrogen and oxygen atoms in total. The summed E-state index contributed by atoms with van der Waals surface area (Å²) in [6.45, 7) is 3.62. The van der Waals surface area contributed by atoms with E-state index in [-0.39, 0.29) is 22.8 Å². The highest BCUT2D eigenvalue weighted by Crippen LogP contribution is 2.31. The molecule has 0 atom stereocenters. The van der Waals surface area contributed by atoms with E-state index in [4.69, 9.17) is 20.9 Å². The number of amides is 1. The van der Waals surface area contributed by atoms with Gasteiger partial charge >= 0.3 is 0 Å². The zero-order valence-corrected chi connectivity index (χ0v) is 18.3. The number of hydrogen-bond donors (Lipinski definition) is 1. The maximum Gasteiger partial charge on any atom is 0.225 e. The van der Waals surface area contributed by atoms with Gasteiger partial charge < -0.3 is 14.6 Å². The predicted octanol–water partition coefficient (Wildman–Crippen LogP) is 4.42. The van der Waals surface area contributed by atoms with Crippen LogP contribution in [-0.2, 0) is 14.6 Å². The summed E-state index contributed by atoms with van der Waals surface area (Å²) < 4.78 is 36.3. The Morgan fingerprint density at radius 1 is 1.17 bits per heavy atom. The molecule has 9 heteroatoms. The third kappa shape index (κ3) is 5.01. The fourth-order valence-corrected chi connectivity index (χ4v) is 4.42. The average Bonchev–Trinajstić information content (AvgIpc) is 3.15. The molecule has 0 aliphatic heterocycles. The first kappa shape index (κ1) is 21.9. The fraction of sp³-hybridized carbons (Fsp3) is 0.238. The van der Waals surface area contributed by atoms with E-state index < -0.39 is 15.7 Å². The number of hydrogen-bond acceptors (Lipinski definition) is 6. The second-order valence-corrected chi connectivity index (χ2v) is 9.26. The lowest BCUT2D eigenvalue weighted by atomic mass is 10.1. The number of methoxy groups -OCH3 is 1. The molecule has 0 radical (unpaired) electrons. The van der Waals surface area contributed by atoms with Gasteiger partial charge in [0.1, 0.15) is 10.6 Å². The molecule has 3 rings (SSSR count). The number of ether oxygens (including phenoxy) is 1. The van der Waals surface area contributed by atoms with Crippen molar-refractivity contribution in [3.63, 3.8) is 0 Å². The molecule has 0 aliphatic carbocycles. The molecule has 158 valence electrons. The van der Waals surface area contributed by atoms with Crippen molar-refractivity contribution in [2.24, 2.45) is 0 Å². The summed E-state index contributed by atoms with van der Waals surface area (Å²) in [5.41, 5.74) is 2.62. The summed E-state index contributed by atoms with van der Waals surface area (Å²) in [7, 11) is -2.41. The topological polar surface area (TPSA) is 98.5 Å². The molecule has 1 amide bonds. The van der Waals surface area contributed by atoms with Crippen molar-refractivity contribution in [2.45, 2.75) is 25.2 Å². The number of aromatic nitrogens is 1. The van der Waals surface area contributed by atoms with E-state index in [1.807, 2.05) is 6.92 Å². The van der Waals surface area contributed by atoms with Gasteiger partial charge in [-0.3, -0.25) is 4.79 Å². The number of carbonyl (C=O) groups excluding carboxylic acids is 1. The highest BCUT2D eigenvalue weighted by atomic mass is 35.5. The lowest BCUT2D eigenvalue weighted by Crippen LogP contribution is -2.18. The zero-order chi connectivity index (χ0) is 21.9. The minimum Gasteiger partial charge on any atom is -0.495 e. The minimum absolute atomic E-state index is 0.0114. The Morgan fingerprint density at radius 2 is 1.93 bits per heavy atom. The SMILES string of the molecule is COc1ccc(-c2cc(C)no2)cc1S(=O)(=O)CCC(=O)Nc1ccc(C)c(Cl)c1. The number of carbonyl (C=O) groups is 1. The monoisotopic (exact) mass is 448 g/mol. The standard InChI is InChI=1S/C21H21ClN2O5S/c1-13-4-6-16(12-17(13)22)23-21(25)8-9-30(26,27)20-11-15(5-7-18(20)28-3)19-10-14(2)24-29-19/h4-7,10-12H,8-9H2,1-3H3,(H,23,25). The molecular formula is C21H21ClN2O5S. The Kier molecular flexibility index (Phi) is 6.48. The number of nitrogens with one attached hydrogen (secondary N) is 1. The number of anilines is 1. The quantitative estimate of drug-likeness (QED) is 0.574. The first-order valence-electron chi connectivity index (χ1n) is 9.10. The number of benzene rings is 2. The van der Waals surface area contributed by atoms with Crippen molar-refractivity contribution in [1.29, 1.82) is 0 Å². The van der Waals surface area contributed by atoms with Crippen molar-refractivity contribution in [3.05, 3.63) is 58.7 Å². The Morgan fingerprint density at radius 3 is 2.57 bits per heavy atom. The first-order valence-corrected chi connectivity index (χ1v) is 11.1. The highest BCUT2D eigenvalue weighted by molar-refractivity contribution is 7.91.